The molecule has 2 aromatic rings. The lowest BCUT2D eigenvalue weighted by atomic mass is 10.0. The van der Waals surface area contributed by atoms with Gasteiger partial charge in [-0.3, -0.25) is 4.79 Å². The van der Waals surface area contributed by atoms with Crippen molar-refractivity contribution in [3.05, 3.63) is 53.1 Å². The molecule has 8 heteroatoms. The van der Waals surface area contributed by atoms with E-state index in [0.717, 1.165) is 11.1 Å². The van der Waals surface area contributed by atoms with Crippen molar-refractivity contribution in [3.63, 3.8) is 0 Å². The summed E-state index contributed by atoms with van der Waals surface area (Å²) in [5.41, 5.74) is 3.08. The minimum absolute atomic E-state index is 0.273. The quantitative estimate of drug-likeness (QED) is 0.747. The van der Waals surface area contributed by atoms with E-state index in [0.29, 0.717) is 55.5 Å². The largest absolute Gasteiger partial charge is 0.490 e. The number of sulfonamides is 1. The molecule has 2 aromatic carbocycles. The number of ether oxygens (including phenoxy) is 2. The molecule has 0 saturated carbocycles. The molecule has 0 atom stereocenters. The van der Waals surface area contributed by atoms with E-state index in [9.17, 15) is 13.2 Å². The Kier molecular flexibility index (Phi) is 6.44. The highest BCUT2D eigenvalue weighted by Gasteiger charge is 2.23. The van der Waals surface area contributed by atoms with Crippen LogP contribution in [-0.4, -0.2) is 44.6 Å². The van der Waals surface area contributed by atoms with Gasteiger partial charge in [-0.05, 0) is 61.7 Å². The number of carbonyl (C=O) groups is 1. The van der Waals surface area contributed by atoms with Crippen LogP contribution in [0.15, 0.2) is 36.4 Å². The molecule has 1 amide bonds. The van der Waals surface area contributed by atoms with Crippen molar-refractivity contribution in [3.8, 4) is 11.5 Å². The molecule has 0 aliphatic carbocycles. The number of amides is 1. The summed E-state index contributed by atoms with van der Waals surface area (Å²) in [6.07, 6.45) is 1.87. The summed E-state index contributed by atoms with van der Waals surface area (Å²) in [4.78, 5) is 12.7. The van der Waals surface area contributed by atoms with Crippen LogP contribution in [0.1, 0.15) is 35.3 Å². The first-order valence-corrected chi connectivity index (χ1v) is 11.4. The average Bonchev–Trinajstić information content (AvgIpc) is 2.68. The molecule has 1 aliphatic rings. The second kappa shape index (κ2) is 8.84. The summed E-state index contributed by atoms with van der Waals surface area (Å²) >= 11 is 0. The zero-order valence-electron chi connectivity index (χ0n) is 16.9. The fraction of sp³-hybridized carbons (Fsp3) is 0.381. The van der Waals surface area contributed by atoms with E-state index in [1.165, 1.54) is 10.6 Å². The molecule has 0 fully saturated rings. The van der Waals surface area contributed by atoms with Crippen molar-refractivity contribution in [2.24, 2.45) is 0 Å². The summed E-state index contributed by atoms with van der Waals surface area (Å²) in [7, 11) is -3.25. The highest BCUT2D eigenvalue weighted by atomic mass is 32.2. The number of hydrogen-bond acceptors (Lipinski definition) is 5. The topological polar surface area (TPSA) is 84.9 Å². The van der Waals surface area contributed by atoms with Crippen LogP contribution in [0.3, 0.4) is 0 Å². The van der Waals surface area contributed by atoms with Gasteiger partial charge in [0, 0.05) is 24.3 Å². The minimum Gasteiger partial charge on any atom is -0.490 e. The molecule has 29 heavy (non-hydrogen) atoms. The SMILES string of the molecule is CCOc1ccc(C(=O)Nc2ccc3c(c2)CN(S(C)(=O)=O)CC3)cc1OCC. The normalized spacial score (nSPS) is 14.2. The summed E-state index contributed by atoms with van der Waals surface area (Å²) in [5, 5.41) is 2.88. The lowest BCUT2D eigenvalue weighted by Gasteiger charge is -2.27. The minimum atomic E-state index is -3.25. The molecule has 0 saturated heterocycles. The van der Waals surface area contributed by atoms with E-state index in [-0.39, 0.29) is 5.91 Å². The summed E-state index contributed by atoms with van der Waals surface area (Å²) in [5.74, 6) is 0.849. The molecule has 0 aromatic heterocycles. The number of anilines is 1. The first kappa shape index (κ1) is 21.1. The van der Waals surface area contributed by atoms with Crippen molar-refractivity contribution < 1.29 is 22.7 Å². The van der Waals surface area contributed by atoms with Gasteiger partial charge in [0.2, 0.25) is 10.0 Å². The molecular formula is C21H26N2O5S. The van der Waals surface area contributed by atoms with E-state index >= 15 is 0 Å². The Hall–Kier alpha value is -2.58. The number of carbonyl (C=O) groups excluding carboxylic acids is 1. The van der Waals surface area contributed by atoms with Crippen molar-refractivity contribution in [1.29, 1.82) is 0 Å². The third kappa shape index (κ3) is 5.07. The van der Waals surface area contributed by atoms with Crippen LogP contribution in [0.4, 0.5) is 5.69 Å². The fourth-order valence-electron chi connectivity index (χ4n) is 3.29. The zero-order valence-corrected chi connectivity index (χ0v) is 17.7. The van der Waals surface area contributed by atoms with Crippen LogP contribution >= 0.6 is 0 Å². The lowest BCUT2D eigenvalue weighted by molar-refractivity contribution is 0.102. The van der Waals surface area contributed by atoms with Gasteiger partial charge in [0.1, 0.15) is 0 Å². The van der Waals surface area contributed by atoms with Gasteiger partial charge >= 0.3 is 0 Å². The van der Waals surface area contributed by atoms with E-state index in [1.807, 2.05) is 32.0 Å². The molecule has 0 unspecified atom stereocenters. The van der Waals surface area contributed by atoms with Crippen molar-refractivity contribution in [2.75, 3.05) is 31.3 Å². The van der Waals surface area contributed by atoms with Crippen LogP contribution in [0.5, 0.6) is 11.5 Å². The van der Waals surface area contributed by atoms with E-state index in [2.05, 4.69) is 5.32 Å². The first-order valence-electron chi connectivity index (χ1n) is 9.59. The van der Waals surface area contributed by atoms with Crippen molar-refractivity contribution >= 4 is 21.6 Å². The molecule has 156 valence electrons. The highest BCUT2D eigenvalue weighted by Crippen LogP contribution is 2.29. The average molecular weight is 419 g/mol. The number of nitrogens with one attached hydrogen (secondary N) is 1. The molecular weight excluding hydrogens is 392 g/mol. The van der Waals surface area contributed by atoms with Gasteiger partial charge in [0.05, 0.1) is 19.5 Å². The smallest absolute Gasteiger partial charge is 0.255 e. The van der Waals surface area contributed by atoms with Gasteiger partial charge in [-0.1, -0.05) is 6.07 Å². The molecule has 0 radical (unpaired) electrons. The van der Waals surface area contributed by atoms with Gasteiger partial charge in [-0.2, -0.15) is 4.31 Å². The Balaban J connectivity index is 1.78. The van der Waals surface area contributed by atoms with Gasteiger partial charge in [0.15, 0.2) is 11.5 Å². The number of hydrogen-bond donors (Lipinski definition) is 1. The first-order chi connectivity index (χ1) is 13.8. The molecule has 0 spiro atoms. The molecule has 1 N–H and O–H groups in total. The summed E-state index contributed by atoms with van der Waals surface area (Å²) in [6, 6.07) is 10.7. The summed E-state index contributed by atoms with van der Waals surface area (Å²) < 4.78 is 36.2. The van der Waals surface area contributed by atoms with Crippen LogP contribution in [0.25, 0.3) is 0 Å². The van der Waals surface area contributed by atoms with Crippen LogP contribution in [0, 0.1) is 0 Å². The maximum absolute atomic E-state index is 12.7. The number of rotatable bonds is 7. The Labute approximate surface area is 171 Å². The third-order valence-electron chi connectivity index (χ3n) is 4.72. The third-order valence-corrected chi connectivity index (χ3v) is 5.97. The zero-order chi connectivity index (χ0) is 21.0. The Morgan fingerprint density at radius 2 is 1.76 bits per heavy atom. The van der Waals surface area contributed by atoms with Gasteiger partial charge in [-0.25, -0.2) is 8.42 Å². The van der Waals surface area contributed by atoms with Crippen molar-refractivity contribution in [2.45, 2.75) is 26.8 Å². The second-order valence-electron chi connectivity index (χ2n) is 6.81. The van der Waals surface area contributed by atoms with Crippen LogP contribution in [0.2, 0.25) is 0 Å². The van der Waals surface area contributed by atoms with Gasteiger partial charge in [0.25, 0.3) is 5.91 Å². The second-order valence-corrected chi connectivity index (χ2v) is 8.79. The van der Waals surface area contributed by atoms with Crippen molar-refractivity contribution in [1.82, 2.24) is 4.31 Å². The fourth-order valence-corrected chi connectivity index (χ4v) is 4.08. The molecule has 0 bridgehead atoms. The predicted octanol–water partition coefficient (Wildman–Crippen LogP) is 3.05. The van der Waals surface area contributed by atoms with E-state index in [1.54, 1.807) is 18.2 Å². The number of benzene rings is 2. The molecule has 7 nitrogen and oxygen atoms in total. The molecule has 1 aliphatic heterocycles. The maximum atomic E-state index is 12.7. The number of nitrogens with zero attached hydrogens (tertiary/aromatic N) is 1. The van der Waals surface area contributed by atoms with Gasteiger partial charge < -0.3 is 14.8 Å². The Bertz CT molecular complexity index is 1000. The number of fused-ring (bicyclic) bond motifs is 1. The molecule has 1 heterocycles. The van der Waals surface area contributed by atoms with Gasteiger partial charge in [-0.15, -0.1) is 0 Å². The monoisotopic (exact) mass is 418 g/mol. The van der Waals surface area contributed by atoms with E-state index < -0.39 is 10.0 Å². The Morgan fingerprint density at radius 3 is 2.45 bits per heavy atom. The maximum Gasteiger partial charge on any atom is 0.255 e. The van der Waals surface area contributed by atoms with Crippen LogP contribution in [-0.2, 0) is 23.0 Å². The van der Waals surface area contributed by atoms with E-state index in [4.69, 9.17) is 9.47 Å². The Morgan fingerprint density at radius 1 is 1.03 bits per heavy atom. The lowest BCUT2D eigenvalue weighted by Crippen LogP contribution is -2.35. The molecule has 3 rings (SSSR count). The van der Waals surface area contributed by atoms with Crippen LogP contribution < -0.4 is 14.8 Å². The predicted molar refractivity (Wildman–Crippen MR) is 112 cm³/mol. The summed E-state index contributed by atoms with van der Waals surface area (Å²) in [6.45, 7) is 5.52. The standard InChI is InChI=1S/C21H26N2O5S/c1-4-27-19-9-7-16(13-20(19)28-5-2)21(24)22-18-8-6-15-10-11-23(29(3,25)26)14-17(15)12-18/h6-9,12-13H,4-5,10-11,14H2,1-3H3,(H,22,24). The highest BCUT2D eigenvalue weighted by molar-refractivity contribution is 7.88.